The van der Waals surface area contributed by atoms with E-state index in [0.717, 1.165) is 10.0 Å². The largest absolute Gasteiger partial charge is 0.355 e. The number of amides is 1. The maximum Gasteiger partial charge on any atom is 0.220 e. The molecule has 20 heavy (non-hydrogen) atoms. The van der Waals surface area contributed by atoms with Crippen LogP contribution in [0.2, 0.25) is 5.02 Å². The van der Waals surface area contributed by atoms with Crippen molar-refractivity contribution in [3.63, 3.8) is 0 Å². The molecular weight excluding hydrogens is 363 g/mol. The van der Waals surface area contributed by atoms with E-state index in [1.165, 1.54) is 12.8 Å². The van der Waals surface area contributed by atoms with Crippen molar-refractivity contribution in [1.82, 2.24) is 5.32 Å². The van der Waals surface area contributed by atoms with E-state index in [1.54, 1.807) is 0 Å². The Morgan fingerprint density at radius 1 is 1.50 bits per heavy atom. The van der Waals surface area contributed by atoms with Crippen LogP contribution in [0.4, 0.5) is 0 Å². The number of carbonyl (C=O) groups is 1. The molecular formula is C14H19BrCl2N2O. The van der Waals surface area contributed by atoms with Crippen LogP contribution in [0.1, 0.15) is 24.8 Å². The van der Waals surface area contributed by atoms with Gasteiger partial charge in [-0.05, 0) is 48.9 Å². The van der Waals surface area contributed by atoms with Gasteiger partial charge < -0.3 is 11.1 Å². The second-order valence-electron chi connectivity index (χ2n) is 5.04. The normalized spacial score (nSPS) is 15.3. The summed E-state index contributed by atoms with van der Waals surface area (Å²) in [6.45, 7) is 0.584. The molecule has 1 aromatic rings. The molecule has 1 aliphatic carbocycles. The Morgan fingerprint density at radius 2 is 2.20 bits per heavy atom. The van der Waals surface area contributed by atoms with Crippen LogP contribution in [0.3, 0.4) is 0 Å². The van der Waals surface area contributed by atoms with Gasteiger partial charge in [0.15, 0.2) is 0 Å². The number of nitrogens with two attached hydrogens (primary N) is 1. The summed E-state index contributed by atoms with van der Waals surface area (Å²) in [5, 5.41) is 3.59. The maximum atomic E-state index is 11.7. The molecule has 0 heterocycles. The topological polar surface area (TPSA) is 55.1 Å². The van der Waals surface area contributed by atoms with Gasteiger partial charge in [-0.15, -0.1) is 12.4 Å². The highest BCUT2D eigenvalue weighted by Gasteiger charge is 2.28. The van der Waals surface area contributed by atoms with Crippen LogP contribution in [-0.2, 0) is 11.2 Å². The zero-order valence-electron chi connectivity index (χ0n) is 11.1. The van der Waals surface area contributed by atoms with Gasteiger partial charge in [0.05, 0.1) is 0 Å². The maximum absolute atomic E-state index is 11.7. The number of hydrogen-bond acceptors (Lipinski definition) is 2. The highest BCUT2D eigenvalue weighted by atomic mass is 79.9. The predicted molar refractivity (Wildman–Crippen MR) is 88.4 cm³/mol. The molecule has 1 unspecified atom stereocenters. The van der Waals surface area contributed by atoms with Crippen LogP contribution >= 0.6 is 39.9 Å². The van der Waals surface area contributed by atoms with E-state index < -0.39 is 0 Å². The Balaban J connectivity index is 0.00000200. The zero-order valence-corrected chi connectivity index (χ0v) is 14.2. The monoisotopic (exact) mass is 380 g/mol. The molecule has 6 heteroatoms. The number of hydrogen-bond donors (Lipinski definition) is 2. The fourth-order valence-corrected chi connectivity index (χ4v) is 2.63. The van der Waals surface area contributed by atoms with Gasteiger partial charge in [-0.3, -0.25) is 4.79 Å². The van der Waals surface area contributed by atoms with Crippen LogP contribution in [0.15, 0.2) is 22.7 Å². The summed E-state index contributed by atoms with van der Waals surface area (Å²) in [6.07, 6.45) is 3.53. The molecule has 3 N–H and O–H groups in total. The lowest BCUT2D eigenvalue weighted by Gasteiger charge is -2.11. The molecule has 0 bridgehead atoms. The second kappa shape index (κ2) is 8.23. The summed E-state index contributed by atoms with van der Waals surface area (Å²) >= 11 is 9.40. The fourth-order valence-electron chi connectivity index (χ4n) is 1.99. The summed E-state index contributed by atoms with van der Waals surface area (Å²) < 4.78 is 0.986. The first-order valence-corrected chi connectivity index (χ1v) is 7.69. The highest BCUT2D eigenvalue weighted by Crippen LogP contribution is 2.31. The summed E-state index contributed by atoms with van der Waals surface area (Å²) in [6, 6.07) is 5.72. The molecule has 1 fully saturated rings. The smallest absolute Gasteiger partial charge is 0.220 e. The average Bonchev–Trinajstić information content (AvgIpc) is 3.21. The van der Waals surface area contributed by atoms with E-state index in [1.807, 2.05) is 18.2 Å². The minimum atomic E-state index is 0. The van der Waals surface area contributed by atoms with E-state index in [4.69, 9.17) is 17.3 Å². The van der Waals surface area contributed by atoms with Crippen molar-refractivity contribution in [2.24, 2.45) is 11.7 Å². The predicted octanol–water partition coefficient (Wildman–Crippen LogP) is 3.31. The number of aryl methyl sites for hydroxylation is 1. The third-order valence-corrected chi connectivity index (χ3v) is 4.40. The molecule has 0 saturated heterocycles. The first-order chi connectivity index (χ1) is 9.06. The van der Waals surface area contributed by atoms with Gasteiger partial charge >= 0.3 is 0 Å². The Kier molecular flexibility index (Phi) is 7.30. The lowest BCUT2D eigenvalue weighted by molar-refractivity contribution is -0.121. The summed E-state index contributed by atoms with van der Waals surface area (Å²) in [4.78, 5) is 11.7. The van der Waals surface area contributed by atoms with E-state index in [9.17, 15) is 4.79 Å². The number of halogens is 3. The molecule has 1 aliphatic rings. The van der Waals surface area contributed by atoms with E-state index >= 15 is 0 Å². The van der Waals surface area contributed by atoms with Crippen molar-refractivity contribution in [1.29, 1.82) is 0 Å². The molecule has 1 aromatic carbocycles. The van der Waals surface area contributed by atoms with Crippen LogP contribution in [0.5, 0.6) is 0 Å². The van der Waals surface area contributed by atoms with Gasteiger partial charge in [0.2, 0.25) is 5.91 Å². The van der Waals surface area contributed by atoms with Crippen LogP contribution in [-0.4, -0.2) is 18.5 Å². The Labute approximate surface area is 139 Å². The highest BCUT2D eigenvalue weighted by molar-refractivity contribution is 9.10. The third kappa shape index (κ3) is 5.60. The minimum absolute atomic E-state index is 0. The number of benzene rings is 1. The Hall–Kier alpha value is -0.290. The van der Waals surface area contributed by atoms with Gasteiger partial charge in [0, 0.05) is 28.5 Å². The summed E-state index contributed by atoms with van der Waals surface area (Å²) in [5.74, 6) is 0.658. The summed E-state index contributed by atoms with van der Waals surface area (Å²) in [5.41, 5.74) is 6.99. The van der Waals surface area contributed by atoms with E-state index in [2.05, 4.69) is 21.2 Å². The standard InChI is InChI=1S/C14H18BrClN2O.ClH/c15-12-5-4-11(16)7-10(12)3-6-14(19)18-8-13(17)9-1-2-9;/h4-5,7,9,13H,1-3,6,8,17H2,(H,18,19);1H. The molecule has 3 nitrogen and oxygen atoms in total. The van der Waals surface area contributed by atoms with Crippen molar-refractivity contribution >= 4 is 45.8 Å². The average molecular weight is 382 g/mol. The Morgan fingerprint density at radius 3 is 2.85 bits per heavy atom. The van der Waals surface area contributed by atoms with Gasteiger partial charge in [0.1, 0.15) is 0 Å². The minimum Gasteiger partial charge on any atom is -0.355 e. The van der Waals surface area contributed by atoms with Crippen molar-refractivity contribution in [3.05, 3.63) is 33.3 Å². The molecule has 1 atom stereocenters. The third-order valence-electron chi connectivity index (χ3n) is 3.39. The van der Waals surface area contributed by atoms with Crippen molar-refractivity contribution < 1.29 is 4.79 Å². The lowest BCUT2D eigenvalue weighted by atomic mass is 10.1. The van der Waals surface area contributed by atoms with E-state index in [-0.39, 0.29) is 24.4 Å². The molecule has 0 aliphatic heterocycles. The van der Waals surface area contributed by atoms with Gasteiger partial charge in [-0.2, -0.15) is 0 Å². The first-order valence-electron chi connectivity index (χ1n) is 6.52. The molecule has 0 radical (unpaired) electrons. The lowest BCUT2D eigenvalue weighted by Crippen LogP contribution is -2.38. The number of carbonyl (C=O) groups excluding carboxylic acids is 1. The van der Waals surface area contributed by atoms with Crippen LogP contribution in [0.25, 0.3) is 0 Å². The van der Waals surface area contributed by atoms with Crippen LogP contribution in [0, 0.1) is 5.92 Å². The van der Waals surface area contributed by atoms with Gasteiger partial charge in [0.25, 0.3) is 0 Å². The van der Waals surface area contributed by atoms with Crippen LogP contribution < -0.4 is 11.1 Å². The molecule has 0 spiro atoms. The van der Waals surface area contributed by atoms with Crippen molar-refractivity contribution in [2.75, 3.05) is 6.54 Å². The molecule has 0 aromatic heterocycles. The number of rotatable bonds is 6. The van der Waals surface area contributed by atoms with Crippen molar-refractivity contribution in [3.8, 4) is 0 Å². The SMILES string of the molecule is Cl.NC(CNC(=O)CCc1cc(Cl)ccc1Br)C1CC1. The first kappa shape index (κ1) is 17.8. The molecule has 1 saturated carbocycles. The Bertz CT molecular complexity index is 466. The van der Waals surface area contributed by atoms with Gasteiger partial charge in [-0.25, -0.2) is 0 Å². The van der Waals surface area contributed by atoms with Crippen molar-refractivity contribution in [2.45, 2.75) is 31.7 Å². The molecule has 1 amide bonds. The molecule has 112 valence electrons. The zero-order chi connectivity index (χ0) is 13.8. The number of nitrogens with one attached hydrogen (secondary N) is 1. The molecule has 2 rings (SSSR count). The fraction of sp³-hybridized carbons (Fsp3) is 0.500. The summed E-state index contributed by atoms with van der Waals surface area (Å²) in [7, 11) is 0. The van der Waals surface area contributed by atoms with E-state index in [0.29, 0.717) is 30.3 Å². The second-order valence-corrected chi connectivity index (χ2v) is 6.33. The quantitative estimate of drug-likeness (QED) is 0.794. The van der Waals surface area contributed by atoms with Gasteiger partial charge in [-0.1, -0.05) is 27.5 Å².